The van der Waals surface area contributed by atoms with Crippen LogP contribution >= 0.6 is 0 Å². The molecule has 0 saturated carbocycles. The lowest BCUT2D eigenvalue weighted by atomic mass is 10.1. The third-order valence-corrected chi connectivity index (χ3v) is 3.51. The SMILES string of the molecule is COc1cccc(O[C@@H](C)C(=O)NCCCc2ccccc2)c1. The summed E-state index contributed by atoms with van der Waals surface area (Å²) < 4.78 is 10.8. The van der Waals surface area contributed by atoms with Gasteiger partial charge in [0.2, 0.25) is 0 Å². The van der Waals surface area contributed by atoms with Crippen LogP contribution in [0.25, 0.3) is 0 Å². The summed E-state index contributed by atoms with van der Waals surface area (Å²) in [5, 5.41) is 2.91. The number of carbonyl (C=O) groups is 1. The molecule has 0 bridgehead atoms. The minimum Gasteiger partial charge on any atom is -0.497 e. The second kappa shape index (κ2) is 8.83. The number of methoxy groups -OCH3 is 1. The Labute approximate surface area is 137 Å². The van der Waals surface area contributed by atoms with Crippen LogP contribution in [0.1, 0.15) is 18.9 Å². The number of rotatable bonds is 8. The fourth-order valence-corrected chi connectivity index (χ4v) is 2.22. The summed E-state index contributed by atoms with van der Waals surface area (Å²) in [4.78, 5) is 12.0. The summed E-state index contributed by atoms with van der Waals surface area (Å²) in [6.07, 6.45) is 1.31. The molecule has 0 aromatic heterocycles. The van der Waals surface area contributed by atoms with E-state index in [2.05, 4.69) is 17.4 Å². The van der Waals surface area contributed by atoms with Gasteiger partial charge in [-0.25, -0.2) is 0 Å². The standard InChI is InChI=1S/C19H23NO3/c1-15(23-18-12-6-11-17(14-18)22-2)19(21)20-13-7-10-16-8-4-3-5-9-16/h3-6,8-9,11-12,14-15H,7,10,13H2,1-2H3,(H,20,21)/t15-/m0/s1. The van der Waals surface area contributed by atoms with Gasteiger partial charge in [-0.15, -0.1) is 0 Å². The maximum Gasteiger partial charge on any atom is 0.260 e. The first-order valence-corrected chi connectivity index (χ1v) is 7.81. The molecule has 4 heteroatoms. The zero-order valence-electron chi connectivity index (χ0n) is 13.6. The van der Waals surface area contributed by atoms with E-state index in [1.807, 2.05) is 36.4 Å². The zero-order valence-corrected chi connectivity index (χ0v) is 13.6. The Morgan fingerprint density at radius 1 is 1.09 bits per heavy atom. The average molecular weight is 313 g/mol. The van der Waals surface area contributed by atoms with Crippen LogP contribution in [0.4, 0.5) is 0 Å². The van der Waals surface area contributed by atoms with Gasteiger partial charge in [-0.3, -0.25) is 4.79 Å². The average Bonchev–Trinajstić information content (AvgIpc) is 2.59. The molecule has 23 heavy (non-hydrogen) atoms. The smallest absolute Gasteiger partial charge is 0.260 e. The first kappa shape index (κ1) is 16.9. The zero-order chi connectivity index (χ0) is 16.5. The Hall–Kier alpha value is -2.49. The number of amides is 1. The minimum atomic E-state index is -0.543. The molecule has 2 aromatic carbocycles. The summed E-state index contributed by atoms with van der Waals surface area (Å²) >= 11 is 0. The lowest BCUT2D eigenvalue weighted by Gasteiger charge is -2.15. The Morgan fingerprint density at radius 3 is 2.57 bits per heavy atom. The summed E-state index contributed by atoms with van der Waals surface area (Å²) in [5.74, 6) is 1.22. The quantitative estimate of drug-likeness (QED) is 0.761. The topological polar surface area (TPSA) is 47.6 Å². The molecule has 1 amide bonds. The number of nitrogens with one attached hydrogen (secondary N) is 1. The Morgan fingerprint density at radius 2 is 1.83 bits per heavy atom. The molecular weight excluding hydrogens is 290 g/mol. The molecule has 122 valence electrons. The van der Waals surface area contributed by atoms with E-state index in [1.165, 1.54) is 5.56 Å². The third-order valence-electron chi connectivity index (χ3n) is 3.51. The van der Waals surface area contributed by atoms with Crippen molar-refractivity contribution >= 4 is 5.91 Å². The molecule has 1 N–H and O–H groups in total. The van der Waals surface area contributed by atoms with Crippen LogP contribution in [0.2, 0.25) is 0 Å². The van der Waals surface area contributed by atoms with Gasteiger partial charge in [0.1, 0.15) is 11.5 Å². The molecule has 0 aliphatic carbocycles. The highest BCUT2D eigenvalue weighted by molar-refractivity contribution is 5.80. The predicted octanol–water partition coefficient (Wildman–Crippen LogP) is 3.21. The molecule has 2 aromatic rings. The summed E-state index contributed by atoms with van der Waals surface area (Å²) in [6.45, 7) is 2.38. The normalized spacial score (nSPS) is 11.6. The number of aryl methyl sites for hydroxylation is 1. The van der Waals surface area contributed by atoms with E-state index in [-0.39, 0.29) is 5.91 Å². The van der Waals surface area contributed by atoms with Gasteiger partial charge in [0.15, 0.2) is 6.10 Å². The van der Waals surface area contributed by atoms with Gasteiger partial charge in [-0.05, 0) is 37.5 Å². The number of benzene rings is 2. The van der Waals surface area contributed by atoms with E-state index >= 15 is 0 Å². The summed E-state index contributed by atoms with van der Waals surface area (Å²) in [7, 11) is 1.60. The molecule has 0 saturated heterocycles. The first-order valence-electron chi connectivity index (χ1n) is 7.81. The van der Waals surface area contributed by atoms with Gasteiger partial charge in [0.25, 0.3) is 5.91 Å². The molecule has 0 heterocycles. The van der Waals surface area contributed by atoms with Crippen LogP contribution < -0.4 is 14.8 Å². The molecule has 0 unspecified atom stereocenters. The van der Waals surface area contributed by atoms with Gasteiger partial charge in [-0.1, -0.05) is 36.4 Å². The first-order chi connectivity index (χ1) is 11.2. The molecule has 0 spiro atoms. The van der Waals surface area contributed by atoms with Crippen molar-refractivity contribution in [2.75, 3.05) is 13.7 Å². The van der Waals surface area contributed by atoms with Gasteiger partial charge in [-0.2, -0.15) is 0 Å². The van der Waals surface area contributed by atoms with Crippen molar-refractivity contribution in [2.24, 2.45) is 0 Å². The second-order valence-corrected chi connectivity index (χ2v) is 5.32. The van der Waals surface area contributed by atoms with Crippen molar-refractivity contribution in [2.45, 2.75) is 25.9 Å². The maximum absolute atomic E-state index is 12.0. The van der Waals surface area contributed by atoms with E-state index in [4.69, 9.17) is 9.47 Å². The van der Waals surface area contributed by atoms with E-state index in [1.54, 1.807) is 20.1 Å². The van der Waals surface area contributed by atoms with Crippen LogP contribution in [0.3, 0.4) is 0 Å². The van der Waals surface area contributed by atoms with Gasteiger partial charge in [0, 0.05) is 12.6 Å². The highest BCUT2D eigenvalue weighted by Crippen LogP contribution is 2.19. The number of ether oxygens (including phenoxy) is 2. The number of hydrogen-bond donors (Lipinski definition) is 1. The molecule has 0 fully saturated rings. The van der Waals surface area contributed by atoms with Crippen molar-refractivity contribution in [3.8, 4) is 11.5 Å². The van der Waals surface area contributed by atoms with E-state index in [0.717, 1.165) is 12.8 Å². The van der Waals surface area contributed by atoms with Gasteiger partial charge < -0.3 is 14.8 Å². The van der Waals surface area contributed by atoms with Crippen LogP contribution in [0, 0.1) is 0 Å². The van der Waals surface area contributed by atoms with Crippen molar-refractivity contribution in [1.29, 1.82) is 0 Å². The lowest BCUT2D eigenvalue weighted by Crippen LogP contribution is -2.36. The highest BCUT2D eigenvalue weighted by Gasteiger charge is 2.14. The molecule has 4 nitrogen and oxygen atoms in total. The third kappa shape index (κ3) is 5.66. The Bertz CT molecular complexity index is 613. The highest BCUT2D eigenvalue weighted by atomic mass is 16.5. The number of carbonyl (C=O) groups excluding carboxylic acids is 1. The Kier molecular flexibility index (Phi) is 6.48. The van der Waals surface area contributed by atoms with Crippen molar-refractivity contribution in [1.82, 2.24) is 5.32 Å². The number of hydrogen-bond acceptors (Lipinski definition) is 3. The molecule has 2 rings (SSSR count). The van der Waals surface area contributed by atoms with Crippen molar-refractivity contribution in [3.63, 3.8) is 0 Å². The fraction of sp³-hybridized carbons (Fsp3) is 0.316. The van der Waals surface area contributed by atoms with E-state index in [0.29, 0.717) is 18.0 Å². The Balaban J connectivity index is 1.72. The minimum absolute atomic E-state index is 0.110. The van der Waals surface area contributed by atoms with Gasteiger partial charge in [0.05, 0.1) is 7.11 Å². The molecule has 0 radical (unpaired) electrons. The van der Waals surface area contributed by atoms with Crippen LogP contribution in [-0.2, 0) is 11.2 Å². The summed E-state index contributed by atoms with van der Waals surface area (Å²) in [6, 6.07) is 17.5. The predicted molar refractivity (Wildman–Crippen MR) is 90.9 cm³/mol. The van der Waals surface area contributed by atoms with Crippen LogP contribution in [-0.4, -0.2) is 25.7 Å². The monoisotopic (exact) mass is 313 g/mol. The van der Waals surface area contributed by atoms with Gasteiger partial charge >= 0.3 is 0 Å². The molecule has 1 atom stereocenters. The summed E-state index contributed by atoms with van der Waals surface area (Å²) in [5.41, 5.74) is 1.28. The van der Waals surface area contributed by atoms with Crippen LogP contribution in [0.5, 0.6) is 11.5 Å². The largest absolute Gasteiger partial charge is 0.497 e. The molecule has 0 aliphatic rings. The molecule has 0 aliphatic heterocycles. The van der Waals surface area contributed by atoms with Crippen molar-refractivity contribution < 1.29 is 14.3 Å². The van der Waals surface area contributed by atoms with E-state index in [9.17, 15) is 4.79 Å². The fourth-order valence-electron chi connectivity index (χ4n) is 2.22. The van der Waals surface area contributed by atoms with Crippen LogP contribution in [0.15, 0.2) is 54.6 Å². The molecular formula is C19H23NO3. The lowest BCUT2D eigenvalue weighted by molar-refractivity contribution is -0.127. The van der Waals surface area contributed by atoms with Crippen molar-refractivity contribution in [3.05, 3.63) is 60.2 Å². The van der Waals surface area contributed by atoms with E-state index < -0.39 is 6.10 Å². The second-order valence-electron chi connectivity index (χ2n) is 5.32. The maximum atomic E-state index is 12.0.